The largest absolute Gasteiger partial charge is 0.341 e. The molecule has 20 heavy (non-hydrogen) atoms. The molecule has 2 aromatic heterocycles. The minimum Gasteiger partial charge on any atom is -0.341 e. The molecule has 0 bridgehead atoms. The quantitative estimate of drug-likeness (QED) is 0.802. The fourth-order valence-corrected chi connectivity index (χ4v) is 3.64. The predicted molar refractivity (Wildman–Crippen MR) is 75.7 cm³/mol. The van der Waals surface area contributed by atoms with Crippen LogP contribution < -0.4 is 11.0 Å². The lowest BCUT2D eigenvalue weighted by Gasteiger charge is -2.23. The predicted octanol–water partition coefficient (Wildman–Crippen LogP) is 1.82. The fraction of sp³-hybridized carbons (Fsp3) is 0.462. The van der Waals surface area contributed by atoms with Gasteiger partial charge < -0.3 is 5.32 Å². The topological polar surface area (TPSA) is 90.6 Å². The van der Waals surface area contributed by atoms with Crippen molar-refractivity contribution in [3.8, 4) is 0 Å². The summed E-state index contributed by atoms with van der Waals surface area (Å²) in [6.07, 6.45) is 4.67. The van der Waals surface area contributed by atoms with Crippen LogP contribution in [0.1, 0.15) is 47.2 Å². The van der Waals surface area contributed by atoms with Crippen LogP contribution in [0.3, 0.4) is 0 Å². The molecule has 6 nitrogen and oxygen atoms in total. The SMILES string of the molecule is O=C(N[C@H](c1cccs1)C1CCCC1)c1n[nH]c(=O)[nH]1. The average molecular weight is 292 g/mol. The highest BCUT2D eigenvalue weighted by atomic mass is 32.1. The minimum atomic E-state index is -0.469. The van der Waals surface area contributed by atoms with E-state index in [4.69, 9.17) is 0 Å². The molecule has 1 saturated carbocycles. The number of thiophene rings is 1. The van der Waals surface area contributed by atoms with Gasteiger partial charge in [-0.2, -0.15) is 0 Å². The Labute approximate surface area is 119 Å². The molecule has 1 aliphatic rings. The second kappa shape index (κ2) is 5.62. The lowest BCUT2D eigenvalue weighted by atomic mass is 9.96. The summed E-state index contributed by atoms with van der Waals surface area (Å²) in [5.74, 6) is 0.159. The van der Waals surface area contributed by atoms with Crippen LogP contribution in [0.25, 0.3) is 0 Å². The van der Waals surface area contributed by atoms with E-state index < -0.39 is 5.69 Å². The zero-order valence-corrected chi connectivity index (χ0v) is 11.7. The third kappa shape index (κ3) is 2.67. The standard InChI is InChI=1S/C13H16N4O2S/c18-12(11-15-13(19)17-16-11)14-10(8-4-1-2-5-8)9-6-3-7-20-9/h3,6-8,10H,1-2,4-5H2,(H,14,18)(H2,15,16,17,19)/t10-/m0/s1. The molecule has 2 aromatic rings. The number of H-pyrrole nitrogens is 2. The van der Waals surface area contributed by atoms with Gasteiger partial charge in [-0.1, -0.05) is 18.9 Å². The van der Waals surface area contributed by atoms with Gasteiger partial charge in [-0.25, -0.2) is 9.89 Å². The number of amides is 1. The first-order valence-electron chi connectivity index (χ1n) is 6.73. The van der Waals surface area contributed by atoms with E-state index in [1.54, 1.807) is 11.3 Å². The normalized spacial score (nSPS) is 17.2. The third-order valence-electron chi connectivity index (χ3n) is 3.72. The highest BCUT2D eigenvalue weighted by Crippen LogP contribution is 2.37. The Hall–Kier alpha value is -1.89. The summed E-state index contributed by atoms with van der Waals surface area (Å²) in [5, 5.41) is 10.9. The molecule has 3 N–H and O–H groups in total. The van der Waals surface area contributed by atoms with Gasteiger partial charge in [0.05, 0.1) is 6.04 Å². The molecule has 0 radical (unpaired) electrons. The van der Waals surface area contributed by atoms with E-state index in [1.807, 2.05) is 17.5 Å². The zero-order chi connectivity index (χ0) is 13.9. The maximum absolute atomic E-state index is 12.2. The maximum Gasteiger partial charge on any atom is 0.341 e. The van der Waals surface area contributed by atoms with E-state index in [0.29, 0.717) is 5.92 Å². The van der Waals surface area contributed by atoms with Gasteiger partial charge in [-0.15, -0.1) is 16.4 Å². The van der Waals surface area contributed by atoms with E-state index in [0.717, 1.165) is 17.7 Å². The Morgan fingerprint density at radius 1 is 1.45 bits per heavy atom. The Balaban J connectivity index is 1.79. The number of hydrogen-bond donors (Lipinski definition) is 3. The van der Waals surface area contributed by atoms with E-state index in [-0.39, 0.29) is 17.8 Å². The molecule has 1 aliphatic carbocycles. The molecule has 3 rings (SSSR count). The van der Waals surface area contributed by atoms with Crippen molar-refractivity contribution in [1.29, 1.82) is 0 Å². The van der Waals surface area contributed by atoms with Crippen LogP contribution in [0.4, 0.5) is 0 Å². The van der Waals surface area contributed by atoms with Crippen molar-refractivity contribution < 1.29 is 4.79 Å². The van der Waals surface area contributed by atoms with Crippen LogP contribution in [0.15, 0.2) is 22.3 Å². The Morgan fingerprint density at radius 3 is 2.85 bits per heavy atom. The Bertz CT molecular complexity index is 625. The van der Waals surface area contributed by atoms with Crippen LogP contribution in [0.5, 0.6) is 0 Å². The van der Waals surface area contributed by atoms with E-state index in [2.05, 4.69) is 20.5 Å². The molecule has 0 saturated heterocycles. The van der Waals surface area contributed by atoms with Crippen LogP contribution >= 0.6 is 11.3 Å². The van der Waals surface area contributed by atoms with E-state index in [1.165, 1.54) is 12.8 Å². The fourth-order valence-electron chi connectivity index (χ4n) is 2.77. The number of hydrogen-bond acceptors (Lipinski definition) is 4. The number of aromatic nitrogens is 3. The van der Waals surface area contributed by atoms with Crippen molar-refractivity contribution >= 4 is 17.2 Å². The van der Waals surface area contributed by atoms with E-state index >= 15 is 0 Å². The first-order chi connectivity index (χ1) is 9.74. The van der Waals surface area contributed by atoms with Gasteiger partial charge in [0.2, 0.25) is 5.82 Å². The van der Waals surface area contributed by atoms with Crippen molar-refractivity contribution in [1.82, 2.24) is 20.5 Å². The third-order valence-corrected chi connectivity index (χ3v) is 4.68. The van der Waals surface area contributed by atoms with Crippen molar-refractivity contribution in [2.24, 2.45) is 5.92 Å². The highest BCUT2D eigenvalue weighted by Gasteiger charge is 2.29. The summed E-state index contributed by atoms with van der Waals surface area (Å²) >= 11 is 1.65. The summed E-state index contributed by atoms with van der Waals surface area (Å²) in [5.41, 5.74) is -0.469. The molecule has 1 atom stereocenters. The molecule has 0 unspecified atom stereocenters. The molecule has 2 heterocycles. The highest BCUT2D eigenvalue weighted by molar-refractivity contribution is 7.10. The number of aromatic amines is 2. The number of nitrogens with one attached hydrogen (secondary N) is 3. The second-order valence-corrected chi connectivity index (χ2v) is 6.02. The molecule has 0 aliphatic heterocycles. The molecule has 0 spiro atoms. The molecule has 1 fully saturated rings. The molecule has 0 aromatic carbocycles. The van der Waals surface area contributed by atoms with Crippen LogP contribution in [-0.4, -0.2) is 21.1 Å². The lowest BCUT2D eigenvalue weighted by molar-refractivity contribution is 0.0912. The van der Waals surface area contributed by atoms with Gasteiger partial charge in [0.15, 0.2) is 0 Å². The van der Waals surface area contributed by atoms with Gasteiger partial charge >= 0.3 is 5.69 Å². The zero-order valence-electron chi connectivity index (χ0n) is 10.9. The summed E-state index contributed by atoms with van der Waals surface area (Å²) < 4.78 is 0. The van der Waals surface area contributed by atoms with Crippen LogP contribution in [0, 0.1) is 5.92 Å². The number of carbonyl (C=O) groups is 1. The number of rotatable bonds is 4. The molecule has 7 heteroatoms. The van der Waals surface area contributed by atoms with Gasteiger partial charge in [0.25, 0.3) is 5.91 Å². The van der Waals surface area contributed by atoms with E-state index in [9.17, 15) is 9.59 Å². The maximum atomic E-state index is 12.2. The van der Waals surface area contributed by atoms with Crippen molar-refractivity contribution in [3.63, 3.8) is 0 Å². The number of nitrogens with zero attached hydrogens (tertiary/aromatic N) is 1. The first-order valence-corrected chi connectivity index (χ1v) is 7.61. The van der Waals surface area contributed by atoms with Crippen molar-refractivity contribution in [3.05, 3.63) is 38.7 Å². The van der Waals surface area contributed by atoms with Crippen molar-refractivity contribution in [2.45, 2.75) is 31.7 Å². The Morgan fingerprint density at radius 2 is 2.25 bits per heavy atom. The molecule has 1 amide bonds. The van der Waals surface area contributed by atoms with Gasteiger partial charge in [0.1, 0.15) is 0 Å². The lowest BCUT2D eigenvalue weighted by Crippen LogP contribution is -2.33. The summed E-state index contributed by atoms with van der Waals surface area (Å²) in [4.78, 5) is 26.7. The van der Waals surface area contributed by atoms with Gasteiger partial charge in [0, 0.05) is 4.88 Å². The molecular formula is C13H16N4O2S. The monoisotopic (exact) mass is 292 g/mol. The molecule has 106 valence electrons. The second-order valence-electron chi connectivity index (χ2n) is 5.04. The summed E-state index contributed by atoms with van der Waals surface area (Å²) in [6, 6.07) is 4.04. The molecular weight excluding hydrogens is 276 g/mol. The number of carbonyl (C=O) groups excluding carboxylic acids is 1. The average Bonchev–Trinajstić information content (AvgIpc) is 3.17. The Kier molecular flexibility index (Phi) is 3.68. The van der Waals surface area contributed by atoms with Crippen LogP contribution in [0.2, 0.25) is 0 Å². The smallest absolute Gasteiger partial charge is 0.341 e. The van der Waals surface area contributed by atoms with Gasteiger partial charge in [-0.05, 0) is 30.2 Å². The first kappa shape index (κ1) is 13.1. The minimum absolute atomic E-state index is 0.00482. The van der Waals surface area contributed by atoms with Crippen LogP contribution in [-0.2, 0) is 0 Å². The van der Waals surface area contributed by atoms with Gasteiger partial charge in [-0.3, -0.25) is 9.78 Å². The van der Waals surface area contributed by atoms with Crippen molar-refractivity contribution in [2.75, 3.05) is 0 Å². The summed E-state index contributed by atoms with van der Waals surface area (Å²) in [7, 11) is 0. The summed E-state index contributed by atoms with van der Waals surface area (Å²) in [6.45, 7) is 0.